The lowest BCUT2D eigenvalue weighted by atomic mass is 10.2. The predicted octanol–water partition coefficient (Wildman–Crippen LogP) is 7.05. The van der Waals surface area contributed by atoms with Crippen LogP contribution in [0.3, 0.4) is 0 Å². The second-order valence-corrected chi connectivity index (χ2v) is 6.09. The topological polar surface area (TPSA) is 75.5 Å². The van der Waals surface area contributed by atoms with E-state index in [1.807, 2.05) is 54.6 Å². The van der Waals surface area contributed by atoms with E-state index in [1.165, 1.54) is 0 Å². The summed E-state index contributed by atoms with van der Waals surface area (Å²) < 4.78 is 5.57. The van der Waals surface area contributed by atoms with Gasteiger partial charge < -0.3 is 4.42 Å². The van der Waals surface area contributed by atoms with Crippen LogP contribution in [0.15, 0.2) is 104 Å². The molecule has 0 aliphatic carbocycles. The zero-order chi connectivity index (χ0) is 18.5. The van der Waals surface area contributed by atoms with Gasteiger partial charge in [-0.05, 0) is 36.4 Å². The van der Waals surface area contributed by atoms with Crippen molar-refractivity contribution in [3.05, 3.63) is 89.4 Å². The number of benzene rings is 3. The maximum Gasteiger partial charge on any atom is 0.341 e. The largest absolute Gasteiger partial charge is 0.421 e. The number of azo groups is 2. The van der Waals surface area contributed by atoms with Gasteiger partial charge in [-0.1, -0.05) is 59.2 Å². The van der Waals surface area contributed by atoms with Gasteiger partial charge in [0.25, 0.3) is 0 Å². The Morgan fingerprint density at radius 2 is 1.48 bits per heavy atom. The third-order valence-corrected chi connectivity index (χ3v) is 3.99. The van der Waals surface area contributed by atoms with Crippen LogP contribution in [0.1, 0.15) is 11.7 Å². The Balaban J connectivity index is 1.62. The van der Waals surface area contributed by atoms with Gasteiger partial charge in [0, 0.05) is 10.6 Å². The molecule has 0 aliphatic heterocycles. The third-order valence-electron chi connectivity index (χ3n) is 3.74. The molecule has 0 fully saturated rings. The molecule has 6 nitrogen and oxygen atoms in total. The molecule has 1 atom stereocenters. The maximum atomic E-state index is 5.90. The number of hydrogen-bond donors (Lipinski definition) is 0. The van der Waals surface area contributed by atoms with E-state index in [0.717, 1.165) is 11.1 Å². The van der Waals surface area contributed by atoms with E-state index in [1.54, 1.807) is 24.3 Å². The minimum absolute atomic E-state index is 0.179. The Kier molecular flexibility index (Phi) is 4.98. The molecule has 132 valence electrons. The van der Waals surface area contributed by atoms with E-state index < -0.39 is 6.17 Å². The lowest BCUT2D eigenvalue weighted by Crippen LogP contribution is -1.89. The normalized spacial score (nSPS) is 12.9. The summed E-state index contributed by atoms with van der Waals surface area (Å²) in [4.78, 5) is 4.29. The van der Waals surface area contributed by atoms with Gasteiger partial charge in [0.15, 0.2) is 5.58 Å². The molecule has 0 aliphatic rings. The number of para-hydroxylation sites is 2. The molecule has 1 heterocycles. The molecule has 7 heteroatoms. The first-order valence-corrected chi connectivity index (χ1v) is 8.63. The minimum Gasteiger partial charge on any atom is -0.421 e. The highest BCUT2D eigenvalue weighted by Crippen LogP contribution is 2.26. The number of aromatic nitrogens is 1. The van der Waals surface area contributed by atoms with Crippen molar-refractivity contribution in [2.75, 3.05) is 0 Å². The van der Waals surface area contributed by atoms with Gasteiger partial charge in [0.1, 0.15) is 5.52 Å². The van der Waals surface area contributed by atoms with Gasteiger partial charge in [-0.25, -0.2) is 0 Å². The average molecular weight is 376 g/mol. The molecular weight excluding hydrogens is 362 g/mol. The lowest BCUT2D eigenvalue weighted by Gasteiger charge is -2.04. The molecule has 0 spiro atoms. The number of hydrogen-bond acceptors (Lipinski definition) is 6. The average Bonchev–Trinajstić information content (AvgIpc) is 3.13. The second kappa shape index (κ2) is 7.88. The van der Waals surface area contributed by atoms with Crippen molar-refractivity contribution in [1.82, 2.24) is 4.98 Å². The Hall–Kier alpha value is -3.38. The number of nitrogens with zero attached hydrogens (tertiary/aromatic N) is 5. The summed E-state index contributed by atoms with van der Waals surface area (Å²) in [5.74, 6) is 0. The Labute approximate surface area is 160 Å². The van der Waals surface area contributed by atoms with E-state index in [0.29, 0.717) is 16.3 Å². The summed E-state index contributed by atoms with van der Waals surface area (Å²) in [6, 6.07) is 24.3. The molecule has 0 saturated carbocycles. The zero-order valence-corrected chi connectivity index (χ0v) is 14.9. The SMILES string of the molecule is Clc1ccc(N=NC(N=Nc2nc3ccccc3o2)c2ccccc2)cc1. The smallest absolute Gasteiger partial charge is 0.341 e. The summed E-state index contributed by atoms with van der Waals surface area (Å²) in [5.41, 5.74) is 2.92. The van der Waals surface area contributed by atoms with Gasteiger partial charge in [-0.2, -0.15) is 15.2 Å². The fourth-order valence-electron chi connectivity index (χ4n) is 2.42. The fraction of sp³-hybridized carbons (Fsp3) is 0.0500. The molecule has 27 heavy (non-hydrogen) atoms. The summed E-state index contributed by atoms with van der Waals surface area (Å²) in [7, 11) is 0. The number of rotatable bonds is 5. The van der Waals surface area contributed by atoms with Crippen LogP contribution >= 0.6 is 11.6 Å². The van der Waals surface area contributed by atoms with Crippen molar-refractivity contribution in [2.24, 2.45) is 20.5 Å². The van der Waals surface area contributed by atoms with Gasteiger partial charge in [0.05, 0.1) is 5.69 Å². The van der Waals surface area contributed by atoms with Crippen LogP contribution in [-0.2, 0) is 0 Å². The second-order valence-electron chi connectivity index (χ2n) is 5.66. The summed E-state index contributed by atoms with van der Waals surface area (Å²) in [6.07, 6.45) is -0.614. The van der Waals surface area contributed by atoms with Crippen molar-refractivity contribution < 1.29 is 4.42 Å². The van der Waals surface area contributed by atoms with E-state index in [2.05, 4.69) is 25.4 Å². The van der Waals surface area contributed by atoms with E-state index in [-0.39, 0.29) is 6.01 Å². The predicted molar refractivity (Wildman–Crippen MR) is 104 cm³/mol. The molecule has 3 aromatic carbocycles. The summed E-state index contributed by atoms with van der Waals surface area (Å²) in [6.45, 7) is 0. The van der Waals surface area contributed by atoms with Crippen LogP contribution in [0.25, 0.3) is 11.1 Å². The maximum absolute atomic E-state index is 5.90. The molecule has 1 aromatic heterocycles. The molecule has 0 amide bonds. The first kappa shape index (κ1) is 17.1. The third kappa shape index (κ3) is 4.24. The molecule has 1 unspecified atom stereocenters. The van der Waals surface area contributed by atoms with Crippen molar-refractivity contribution in [3.8, 4) is 0 Å². The quantitative estimate of drug-likeness (QED) is 0.350. The highest BCUT2D eigenvalue weighted by molar-refractivity contribution is 6.30. The van der Waals surface area contributed by atoms with Crippen LogP contribution in [-0.4, -0.2) is 4.98 Å². The highest BCUT2D eigenvalue weighted by atomic mass is 35.5. The van der Waals surface area contributed by atoms with Crippen molar-refractivity contribution in [3.63, 3.8) is 0 Å². The number of oxazole rings is 1. The van der Waals surface area contributed by atoms with Crippen molar-refractivity contribution in [1.29, 1.82) is 0 Å². The van der Waals surface area contributed by atoms with Crippen LogP contribution in [0.2, 0.25) is 5.02 Å². The Morgan fingerprint density at radius 3 is 2.26 bits per heavy atom. The van der Waals surface area contributed by atoms with Gasteiger partial charge in [-0.15, -0.1) is 5.11 Å². The zero-order valence-electron chi connectivity index (χ0n) is 14.1. The lowest BCUT2D eigenvalue weighted by molar-refractivity contribution is 0.588. The van der Waals surface area contributed by atoms with Gasteiger partial charge in [0.2, 0.25) is 6.17 Å². The van der Waals surface area contributed by atoms with Crippen LogP contribution in [0, 0.1) is 0 Å². The number of fused-ring (bicyclic) bond motifs is 1. The monoisotopic (exact) mass is 375 g/mol. The minimum atomic E-state index is -0.614. The van der Waals surface area contributed by atoms with Crippen molar-refractivity contribution in [2.45, 2.75) is 6.17 Å². The number of halogens is 1. The standard InChI is InChI=1S/C20H14ClN5O/c21-15-10-12-16(13-11-15)23-24-19(14-6-2-1-3-7-14)25-26-20-22-17-8-4-5-9-18(17)27-20/h1-13,19H. The summed E-state index contributed by atoms with van der Waals surface area (Å²) in [5, 5.41) is 17.6. The molecule has 0 radical (unpaired) electrons. The molecular formula is C20H14ClN5O. The summed E-state index contributed by atoms with van der Waals surface area (Å²) >= 11 is 5.90. The Morgan fingerprint density at radius 1 is 0.778 bits per heavy atom. The van der Waals surface area contributed by atoms with Crippen LogP contribution in [0.4, 0.5) is 11.7 Å². The fourth-order valence-corrected chi connectivity index (χ4v) is 2.54. The highest BCUT2D eigenvalue weighted by Gasteiger charge is 2.10. The van der Waals surface area contributed by atoms with E-state index in [4.69, 9.17) is 16.0 Å². The first-order valence-electron chi connectivity index (χ1n) is 8.26. The van der Waals surface area contributed by atoms with Crippen LogP contribution < -0.4 is 0 Å². The molecule has 0 bridgehead atoms. The molecule has 0 N–H and O–H groups in total. The Bertz CT molecular complexity index is 1060. The van der Waals surface area contributed by atoms with E-state index >= 15 is 0 Å². The molecule has 0 saturated heterocycles. The first-order chi connectivity index (χ1) is 13.3. The van der Waals surface area contributed by atoms with Gasteiger partial charge >= 0.3 is 6.01 Å². The van der Waals surface area contributed by atoms with Crippen molar-refractivity contribution >= 4 is 34.4 Å². The molecule has 4 rings (SSSR count). The van der Waals surface area contributed by atoms with Gasteiger partial charge in [-0.3, -0.25) is 0 Å². The molecule has 4 aromatic rings. The van der Waals surface area contributed by atoms with Crippen LogP contribution in [0.5, 0.6) is 0 Å². The van der Waals surface area contributed by atoms with E-state index in [9.17, 15) is 0 Å².